The number of benzene rings is 2. The minimum atomic E-state index is -0.400. The molecule has 1 atom stereocenters. The molecule has 2 aromatic carbocycles. The van der Waals surface area contributed by atoms with E-state index in [4.69, 9.17) is 0 Å². The van der Waals surface area contributed by atoms with Crippen LogP contribution in [0.2, 0.25) is 0 Å². The maximum Gasteiger partial charge on any atom is 0.238 e. The molecule has 0 spiro atoms. The molecule has 0 bridgehead atoms. The number of carbonyl (C=O) groups excluding carboxylic acids is 2. The zero-order chi connectivity index (χ0) is 18.8. The first kappa shape index (κ1) is 17.9. The Kier molecular flexibility index (Phi) is 5.03. The Morgan fingerprint density at radius 2 is 1.78 bits per heavy atom. The molecule has 0 aromatic heterocycles. The van der Waals surface area contributed by atoms with Crippen molar-refractivity contribution < 1.29 is 14.0 Å². The van der Waals surface area contributed by atoms with Crippen LogP contribution in [0.4, 0.5) is 15.8 Å². The summed E-state index contributed by atoms with van der Waals surface area (Å²) < 4.78 is 13.1. The van der Waals surface area contributed by atoms with Crippen molar-refractivity contribution in [2.75, 3.05) is 36.4 Å². The van der Waals surface area contributed by atoms with E-state index >= 15 is 0 Å². The zero-order valence-electron chi connectivity index (χ0n) is 14.7. The lowest BCUT2D eigenvalue weighted by Crippen LogP contribution is -2.49. The Balaban J connectivity index is 1.33. The van der Waals surface area contributed by atoms with Crippen molar-refractivity contribution in [1.29, 1.82) is 0 Å². The number of fused-ring (bicyclic) bond motifs is 1. The third-order valence-electron chi connectivity index (χ3n) is 4.89. The molecule has 1 N–H and O–H groups in total. The monoisotopic (exact) mass is 385 g/mol. The predicted molar refractivity (Wildman–Crippen MR) is 105 cm³/mol. The van der Waals surface area contributed by atoms with Crippen molar-refractivity contribution in [3.05, 3.63) is 54.3 Å². The highest BCUT2D eigenvalue weighted by molar-refractivity contribution is 8.01. The molecule has 0 aliphatic carbocycles. The molecule has 2 aliphatic rings. The van der Waals surface area contributed by atoms with Gasteiger partial charge in [0, 0.05) is 43.2 Å². The van der Waals surface area contributed by atoms with Gasteiger partial charge in [0.2, 0.25) is 11.8 Å². The number of piperazine rings is 1. The number of para-hydroxylation sites is 1. The van der Waals surface area contributed by atoms with E-state index in [1.165, 1.54) is 23.9 Å². The molecular formula is C20H20FN3O2S. The van der Waals surface area contributed by atoms with E-state index in [9.17, 15) is 14.0 Å². The molecule has 27 heavy (non-hydrogen) atoms. The molecule has 2 aliphatic heterocycles. The summed E-state index contributed by atoms with van der Waals surface area (Å²) in [5.74, 6) is -0.366. The summed E-state index contributed by atoms with van der Waals surface area (Å²) in [6, 6.07) is 14.0. The number of hydrogen-bond donors (Lipinski definition) is 1. The first-order valence-electron chi connectivity index (χ1n) is 8.95. The zero-order valence-corrected chi connectivity index (χ0v) is 15.5. The molecule has 140 valence electrons. The van der Waals surface area contributed by atoms with Gasteiger partial charge in [-0.15, -0.1) is 11.8 Å². The SMILES string of the molecule is O=C1Nc2ccccc2S[C@H]1CC(=O)N1CCN(c2ccc(F)cc2)CC1. The standard InChI is InChI=1S/C20H20FN3O2S/c21-14-5-7-15(8-6-14)23-9-11-24(12-10-23)19(25)13-18-20(26)22-16-3-1-2-4-17(16)27-18/h1-8,18H,9-13H2,(H,22,26)/t18-/m0/s1. The molecule has 0 saturated carbocycles. The Hall–Kier alpha value is -2.54. The second-order valence-corrected chi connectivity index (χ2v) is 7.88. The van der Waals surface area contributed by atoms with Crippen LogP contribution in [0.25, 0.3) is 0 Å². The first-order valence-corrected chi connectivity index (χ1v) is 9.83. The summed E-state index contributed by atoms with van der Waals surface area (Å²) in [4.78, 5) is 29.9. The van der Waals surface area contributed by atoms with Crippen LogP contribution in [-0.2, 0) is 9.59 Å². The van der Waals surface area contributed by atoms with Gasteiger partial charge in [-0.2, -0.15) is 0 Å². The predicted octanol–water partition coefficient (Wildman–Crippen LogP) is 2.98. The Bertz CT molecular complexity index is 851. The quantitative estimate of drug-likeness (QED) is 0.883. The van der Waals surface area contributed by atoms with E-state index in [0.717, 1.165) is 16.3 Å². The molecule has 1 saturated heterocycles. The topological polar surface area (TPSA) is 52.7 Å². The first-order chi connectivity index (χ1) is 13.1. The van der Waals surface area contributed by atoms with E-state index in [0.29, 0.717) is 26.2 Å². The van der Waals surface area contributed by atoms with Gasteiger partial charge in [0.1, 0.15) is 5.82 Å². The van der Waals surface area contributed by atoms with Gasteiger partial charge >= 0.3 is 0 Å². The van der Waals surface area contributed by atoms with E-state index in [2.05, 4.69) is 10.2 Å². The summed E-state index contributed by atoms with van der Waals surface area (Å²) in [7, 11) is 0. The Morgan fingerprint density at radius 3 is 2.52 bits per heavy atom. The molecule has 1 fully saturated rings. The van der Waals surface area contributed by atoms with Gasteiger partial charge in [0.15, 0.2) is 0 Å². The van der Waals surface area contributed by atoms with Gasteiger partial charge < -0.3 is 15.1 Å². The van der Waals surface area contributed by atoms with Crippen molar-refractivity contribution in [1.82, 2.24) is 4.90 Å². The largest absolute Gasteiger partial charge is 0.368 e. The fraction of sp³-hybridized carbons (Fsp3) is 0.300. The third kappa shape index (κ3) is 3.93. The lowest BCUT2D eigenvalue weighted by atomic mass is 10.2. The Morgan fingerprint density at radius 1 is 1.07 bits per heavy atom. The average Bonchev–Trinajstić information content (AvgIpc) is 2.69. The van der Waals surface area contributed by atoms with Gasteiger partial charge in [-0.05, 0) is 36.4 Å². The lowest BCUT2D eigenvalue weighted by molar-refractivity contribution is -0.132. The number of rotatable bonds is 3. The van der Waals surface area contributed by atoms with Crippen LogP contribution in [-0.4, -0.2) is 48.1 Å². The van der Waals surface area contributed by atoms with Crippen molar-refractivity contribution in [2.24, 2.45) is 0 Å². The molecule has 4 rings (SSSR count). The number of amides is 2. The van der Waals surface area contributed by atoms with E-state index in [1.807, 2.05) is 29.2 Å². The van der Waals surface area contributed by atoms with Gasteiger partial charge in [-0.3, -0.25) is 9.59 Å². The van der Waals surface area contributed by atoms with Crippen LogP contribution in [0.3, 0.4) is 0 Å². The van der Waals surface area contributed by atoms with E-state index in [-0.39, 0.29) is 24.1 Å². The number of nitrogens with one attached hydrogen (secondary N) is 1. The minimum Gasteiger partial charge on any atom is -0.368 e. The van der Waals surface area contributed by atoms with E-state index < -0.39 is 5.25 Å². The van der Waals surface area contributed by atoms with Crippen LogP contribution in [0, 0.1) is 5.82 Å². The maximum atomic E-state index is 13.1. The number of thioether (sulfide) groups is 1. The van der Waals surface area contributed by atoms with Crippen LogP contribution >= 0.6 is 11.8 Å². The molecule has 2 aromatic rings. The number of anilines is 2. The van der Waals surface area contributed by atoms with Gasteiger partial charge in [0.05, 0.1) is 10.9 Å². The molecule has 0 unspecified atom stereocenters. The highest BCUT2D eigenvalue weighted by Crippen LogP contribution is 2.36. The summed E-state index contributed by atoms with van der Waals surface area (Å²) in [5, 5.41) is 2.48. The van der Waals surface area contributed by atoms with Crippen molar-refractivity contribution in [3.63, 3.8) is 0 Å². The molecular weight excluding hydrogens is 365 g/mol. The fourth-order valence-electron chi connectivity index (χ4n) is 3.38. The minimum absolute atomic E-state index is 0.000729. The van der Waals surface area contributed by atoms with E-state index in [1.54, 1.807) is 12.1 Å². The number of nitrogens with zero attached hydrogens (tertiary/aromatic N) is 2. The van der Waals surface area contributed by atoms with Crippen molar-refractivity contribution in [2.45, 2.75) is 16.6 Å². The molecule has 2 heterocycles. The van der Waals surface area contributed by atoms with Crippen LogP contribution in [0.5, 0.6) is 0 Å². The third-order valence-corrected chi connectivity index (χ3v) is 6.17. The summed E-state index contributed by atoms with van der Waals surface area (Å²) in [5.41, 5.74) is 1.77. The number of hydrogen-bond acceptors (Lipinski definition) is 4. The molecule has 7 heteroatoms. The summed E-state index contributed by atoms with van der Waals surface area (Å²) >= 11 is 1.45. The summed E-state index contributed by atoms with van der Waals surface area (Å²) in [6.07, 6.45) is 0.196. The fourth-order valence-corrected chi connectivity index (χ4v) is 4.48. The molecule has 2 amide bonds. The second kappa shape index (κ2) is 7.60. The van der Waals surface area contributed by atoms with Gasteiger partial charge in [-0.1, -0.05) is 12.1 Å². The maximum absolute atomic E-state index is 13.1. The summed E-state index contributed by atoms with van der Waals surface area (Å²) in [6.45, 7) is 2.60. The van der Waals surface area contributed by atoms with Crippen LogP contribution in [0.1, 0.15) is 6.42 Å². The number of carbonyl (C=O) groups is 2. The highest BCUT2D eigenvalue weighted by atomic mass is 32.2. The van der Waals surface area contributed by atoms with Crippen LogP contribution < -0.4 is 10.2 Å². The van der Waals surface area contributed by atoms with Crippen molar-refractivity contribution in [3.8, 4) is 0 Å². The smallest absolute Gasteiger partial charge is 0.238 e. The Labute approximate surface area is 161 Å². The van der Waals surface area contributed by atoms with Gasteiger partial charge in [0.25, 0.3) is 0 Å². The highest BCUT2D eigenvalue weighted by Gasteiger charge is 2.31. The van der Waals surface area contributed by atoms with Gasteiger partial charge in [-0.25, -0.2) is 4.39 Å². The van der Waals surface area contributed by atoms with Crippen molar-refractivity contribution >= 4 is 35.0 Å². The average molecular weight is 385 g/mol. The molecule has 0 radical (unpaired) electrons. The lowest BCUT2D eigenvalue weighted by Gasteiger charge is -2.36. The second-order valence-electron chi connectivity index (χ2n) is 6.64. The van der Waals surface area contributed by atoms with Crippen LogP contribution in [0.15, 0.2) is 53.4 Å². The molecule has 5 nitrogen and oxygen atoms in total. The number of halogens is 1. The normalized spacial score (nSPS) is 19.4.